The van der Waals surface area contributed by atoms with Crippen LogP contribution in [-0.2, 0) is 21.6 Å². The maximum Gasteiger partial charge on any atom is 0.320 e. The lowest BCUT2D eigenvalue weighted by molar-refractivity contribution is -0.148. The van der Waals surface area contributed by atoms with Crippen LogP contribution in [-0.4, -0.2) is 10.3 Å². The van der Waals surface area contributed by atoms with Gasteiger partial charge in [0, 0.05) is 11.4 Å². The zero-order valence-electron chi connectivity index (χ0n) is 15.3. The number of esters is 1. The highest BCUT2D eigenvalue weighted by atomic mass is 35.5. The number of hydrogen-bond donors (Lipinski definition) is 0. The summed E-state index contributed by atoms with van der Waals surface area (Å²) in [5.74, 6) is 0.933. The van der Waals surface area contributed by atoms with Crippen molar-refractivity contribution in [2.45, 2.75) is 22.8 Å². The number of halogens is 3. The van der Waals surface area contributed by atoms with E-state index in [1.807, 2.05) is 54.6 Å². The summed E-state index contributed by atoms with van der Waals surface area (Å²) < 4.78 is 10.2. The highest BCUT2D eigenvalue weighted by Crippen LogP contribution is 2.65. The number of ether oxygens (including phenoxy) is 2. The molecule has 0 N–H and O–H groups in total. The molecule has 1 fully saturated rings. The van der Waals surface area contributed by atoms with Crippen LogP contribution < -0.4 is 4.74 Å². The number of hydrogen-bond acceptors (Lipinski definition) is 3. The van der Waals surface area contributed by atoms with E-state index in [1.165, 1.54) is 0 Å². The SMILES string of the molecule is O=C(OCc1cccc(Oc2ccccc2)c1)C1(c2ccc(Cl)cc2)CC1(Cl)Cl. The summed E-state index contributed by atoms with van der Waals surface area (Å²) in [6.45, 7) is 0.0873. The number of carbonyl (C=O) groups excluding carboxylic acids is 1. The Hall–Kier alpha value is -2.20. The van der Waals surface area contributed by atoms with Crippen LogP contribution in [0.1, 0.15) is 17.5 Å². The Kier molecular flexibility index (Phi) is 5.48. The molecule has 1 aliphatic carbocycles. The van der Waals surface area contributed by atoms with E-state index in [-0.39, 0.29) is 6.61 Å². The minimum atomic E-state index is -1.20. The lowest BCUT2D eigenvalue weighted by Gasteiger charge is -2.18. The second-order valence-corrected chi connectivity index (χ2v) is 8.85. The van der Waals surface area contributed by atoms with Crippen LogP contribution in [0.15, 0.2) is 78.9 Å². The average molecular weight is 448 g/mol. The molecule has 3 aromatic rings. The maximum atomic E-state index is 12.9. The summed E-state index contributed by atoms with van der Waals surface area (Å²) in [7, 11) is 0. The first-order chi connectivity index (χ1) is 13.9. The fraction of sp³-hybridized carbons (Fsp3) is 0.174. The quantitative estimate of drug-likeness (QED) is 0.312. The van der Waals surface area contributed by atoms with E-state index in [2.05, 4.69) is 0 Å². The molecule has 4 rings (SSSR count). The second kappa shape index (κ2) is 7.91. The molecule has 0 spiro atoms. The topological polar surface area (TPSA) is 35.5 Å². The third-order valence-corrected chi connectivity index (χ3v) is 6.08. The third-order valence-electron chi connectivity index (χ3n) is 4.92. The van der Waals surface area contributed by atoms with Gasteiger partial charge in [0.25, 0.3) is 0 Å². The molecule has 0 saturated heterocycles. The molecule has 29 heavy (non-hydrogen) atoms. The first-order valence-electron chi connectivity index (χ1n) is 9.04. The first-order valence-corrected chi connectivity index (χ1v) is 10.2. The number of benzene rings is 3. The van der Waals surface area contributed by atoms with Crippen LogP contribution in [0.5, 0.6) is 11.5 Å². The maximum absolute atomic E-state index is 12.9. The van der Waals surface area contributed by atoms with E-state index in [0.717, 1.165) is 11.3 Å². The van der Waals surface area contributed by atoms with Crippen molar-refractivity contribution in [2.24, 2.45) is 0 Å². The van der Waals surface area contributed by atoms with Crippen molar-refractivity contribution in [3.05, 3.63) is 95.0 Å². The van der Waals surface area contributed by atoms with Crippen LogP contribution in [0.3, 0.4) is 0 Å². The highest BCUT2D eigenvalue weighted by Gasteiger charge is 2.73. The number of rotatable bonds is 6. The van der Waals surface area contributed by atoms with Gasteiger partial charge < -0.3 is 9.47 Å². The van der Waals surface area contributed by atoms with E-state index in [1.54, 1.807) is 24.3 Å². The van der Waals surface area contributed by atoms with Crippen LogP contribution in [0.25, 0.3) is 0 Å². The van der Waals surface area contributed by atoms with Crippen molar-refractivity contribution in [2.75, 3.05) is 0 Å². The van der Waals surface area contributed by atoms with Gasteiger partial charge in [-0.15, -0.1) is 0 Å². The largest absolute Gasteiger partial charge is 0.460 e. The van der Waals surface area contributed by atoms with Crippen LogP contribution >= 0.6 is 34.8 Å². The molecule has 0 bridgehead atoms. The Labute approximate surface area is 184 Å². The minimum absolute atomic E-state index is 0.0873. The molecule has 1 atom stereocenters. The Morgan fingerprint density at radius 3 is 2.21 bits per heavy atom. The normalized spacial score (nSPS) is 19.4. The van der Waals surface area contributed by atoms with Gasteiger partial charge in [-0.2, -0.15) is 0 Å². The summed E-state index contributed by atoms with van der Waals surface area (Å²) in [5.41, 5.74) is 0.408. The number of para-hydroxylation sites is 1. The van der Waals surface area contributed by atoms with Gasteiger partial charge in [0.15, 0.2) is 0 Å². The van der Waals surface area contributed by atoms with E-state index in [4.69, 9.17) is 44.3 Å². The molecule has 0 radical (unpaired) electrons. The summed E-state index contributed by atoms with van der Waals surface area (Å²) in [5, 5.41) is 0.572. The molecule has 0 aromatic heterocycles. The van der Waals surface area contributed by atoms with Crippen molar-refractivity contribution >= 4 is 40.8 Å². The molecule has 1 saturated carbocycles. The average Bonchev–Trinajstić information content (AvgIpc) is 3.31. The zero-order valence-corrected chi connectivity index (χ0v) is 17.5. The summed E-state index contributed by atoms with van der Waals surface area (Å²) in [4.78, 5) is 12.9. The lowest BCUT2D eigenvalue weighted by Crippen LogP contribution is -2.28. The Morgan fingerprint density at radius 1 is 0.897 bits per heavy atom. The van der Waals surface area contributed by atoms with Gasteiger partial charge in [-0.25, -0.2) is 0 Å². The van der Waals surface area contributed by atoms with Crippen LogP contribution in [0.2, 0.25) is 5.02 Å². The number of carbonyl (C=O) groups is 1. The lowest BCUT2D eigenvalue weighted by atomic mass is 9.96. The smallest absolute Gasteiger partial charge is 0.320 e. The number of alkyl halides is 2. The molecule has 0 aliphatic heterocycles. The molecule has 1 unspecified atom stereocenters. The van der Waals surface area contributed by atoms with Crippen molar-refractivity contribution in [1.82, 2.24) is 0 Å². The molecule has 148 valence electrons. The van der Waals surface area contributed by atoms with Gasteiger partial charge in [0.2, 0.25) is 0 Å². The molecule has 0 amide bonds. The van der Waals surface area contributed by atoms with E-state index >= 15 is 0 Å². The molecular weight excluding hydrogens is 431 g/mol. The predicted octanol–water partition coefficient (Wildman–Crippen LogP) is 6.69. The van der Waals surface area contributed by atoms with E-state index in [9.17, 15) is 4.79 Å². The monoisotopic (exact) mass is 446 g/mol. The standard InChI is InChI=1S/C23H17Cl3O3/c24-18-11-9-17(10-12-18)22(15-23(22,25)26)21(27)28-14-16-5-4-8-20(13-16)29-19-6-2-1-3-7-19/h1-13H,14-15H2. The molecule has 1 aliphatic rings. The molecule has 3 aromatic carbocycles. The van der Waals surface area contributed by atoms with Crippen molar-refractivity contribution in [3.63, 3.8) is 0 Å². The molecule has 3 nitrogen and oxygen atoms in total. The third kappa shape index (κ3) is 4.09. The van der Waals surface area contributed by atoms with Crippen LogP contribution in [0.4, 0.5) is 0 Å². The van der Waals surface area contributed by atoms with E-state index < -0.39 is 15.7 Å². The summed E-state index contributed by atoms with van der Waals surface area (Å²) in [6.07, 6.45) is 0.292. The minimum Gasteiger partial charge on any atom is -0.460 e. The Balaban J connectivity index is 1.46. The van der Waals surface area contributed by atoms with Crippen LogP contribution in [0, 0.1) is 0 Å². The van der Waals surface area contributed by atoms with Crippen molar-refractivity contribution in [3.8, 4) is 11.5 Å². The fourth-order valence-corrected chi connectivity index (χ4v) is 4.17. The van der Waals surface area contributed by atoms with Gasteiger partial charge in [-0.3, -0.25) is 4.79 Å². The van der Waals surface area contributed by atoms with Gasteiger partial charge >= 0.3 is 5.97 Å². The van der Waals surface area contributed by atoms with E-state index in [0.29, 0.717) is 22.8 Å². The zero-order chi connectivity index (χ0) is 20.5. The summed E-state index contributed by atoms with van der Waals surface area (Å²) in [6, 6.07) is 23.8. The van der Waals surface area contributed by atoms with Gasteiger partial charge in [-0.1, -0.05) is 77.3 Å². The predicted molar refractivity (Wildman–Crippen MR) is 115 cm³/mol. The van der Waals surface area contributed by atoms with Gasteiger partial charge in [0.05, 0.1) is 0 Å². The summed E-state index contributed by atoms with van der Waals surface area (Å²) >= 11 is 18.6. The van der Waals surface area contributed by atoms with Gasteiger partial charge in [0.1, 0.15) is 27.9 Å². The Morgan fingerprint density at radius 2 is 1.55 bits per heavy atom. The first kappa shape index (κ1) is 20.1. The molecule has 6 heteroatoms. The second-order valence-electron chi connectivity index (χ2n) is 6.93. The van der Waals surface area contributed by atoms with Crippen molar-refractivity contribution in [1.29, 1.82) is 0 Å². The molecule has 0 heterocycles. The van der Waals surface area contributed by atoms with Crippen molar-refractivity contribution < 1.29 is 14.3 Å². The highest BCUT2D eigenvalue weighted by molar-refractivity contribution is 6.54. The molecular formula is C23H17Cl3O3. The van der Waals surface area contributed by atoms with Gasteiger partial charge in [-0.05, 0) is 47.5 Å². The fourth-order valence-electron chi connectivity index (χ4n) is 3.27. The Bertz CT molecular complexity index is 1020.